The average molecular weight is 841 g/mol. The van der Waals surface area contributed by atoms with Crippen molar-refractivity contribution >= 4 is 35.6 Å². The van der Waals surface area contributed by atoms with Crippen LogP contribution in [0.1, 0.15) is 111 Å². The second-order valence-electron chi connectivity index (χ2n) is 16.8. The molecule has 2 aliphatic rings. The lowest BCUT2D eigenvalue weighted by molar-refractivity contribution is -0.147. The fourth-order valence-electron chi connectivity index (χ4n) is 7.69. The minimum atomic E-state index is -1.40. The largest absolute Gasteiger partial charge is 0.445 e. The molecule has 2 fully saturated rings. The van der Waals surface area contributed by atoms with Crippen LogP contribution >= 0.6 is 0 Å². The highest BCUT2D eigenvalue weighted by atomic mass is 16.5. The van der Waals surface area contributed by atoms with Crippen molar-refractivity contribution in [3.63, 3.8) is 0 Å². The molecule has 1 heterocycles. The van der Waals surface area contributed by atoms with Gasteiger partial charge in [0.2, 0.25) is 29.5 Å². The van der Waals surface area contributed by atoms with Crippen LogP contribution in [0, 0.1) is 17.8 Å². The molecule has 60 heavy (non-hydrogen) atoms. The predicted molar refractivity (Wildman–Crippen MR) is 229 cm³/mol. The van der Waals surface area contributed by atoms with E-state index in [9.17, 15) is 28.8 Å². The van der Waals surface area contributed by atoms with Crippen LogP contribution in [-0.4, -0.2) is 110 Å². The maximum Gasteiger partial charge on any atom is 0.407 e. The van der Waals surface area contributed by atoms with Gasteiger partial charge in [0.15, 0.2) is 0 Å². The first-order valence-corrected chi connectivity index (χ1v) is 22.0. The second-order valence-corrected chi connectivity index (χ2v) is 16.8. The van der Waals surface area contributed by atoms with Gasteiger partial charge in [-0.1, -0.05) is 109 Å². The van der Waals surface area contributed by atoms with Crippen molar-refractivity contribution < 1.29 is 43.0 Å². The molecule has 1 aromatic rings. The van der Waals surface area contributed by atoms with Gasteiger partial charge in [0.05, 0.1) is 38.4 Å². The van der Waals surface area contributed by atoms with Crippen molar-refractivity contribution in [3.8, 4) is 0 Å². The van der Waals surface area contributed by atoms with Gasteiger partial charge in [0, 0.05) is 13.1 Å². The number of hydrogen-bond acceptors (Lipinski definition) is 9. The quantitative estimate of drug-likeness (QED) is 0.118. The van der Waals surface area contributed by atoms with E-state index in [1.165, 1.54) is 11.0 Å². The topological polar surface area (TPSA) is 194 Å². The third-order valence-corrected chi connectivity index (χ3v) is 11.2. The number of unbranched alkanes of at least 4 members (excludes halogenated alkanes) is 3. The molecule has 0 unspecified atom stereocenters. The Morgan fingerprint density at radius 2 is 1.60 bits per heavy atom. The fraction of sp³-hybridized carbons (Fsp3) is 0.689. The Hall–Kier alpha value is -4.50. The number of amides is 6. The highest BCUT2D eigenvalue weighted by molar-refractivity contribution is 5.96. The highest BCUT2D eigenvalue weighted by Crippen LogP contribution is 2.28. The molecule has 15 nitrogen and oxygen atoms in total. The summed E-state index contributed by atoms with van der Waals surface area (Å²) in [5.74, 6) is -3.53. The van der Waals surface area contributed by atoms with Gasteiger partial charge in [-0.05, 0) is 50.0 Å². The average Bonchev–Trinajstić information content (AvgIpc) is 3.24. The number of nitrogens with one attached hydrogen (secondary N) is 5. The predicted octanol–water partition coefficient (Wildman–Crippen LogP) is 4.53. The first-order chi connectivity index (χ1) is 28.7. The zero-order valence-electron chi connectivity index (χ0n) is 36.8. The molecule has 0 spiro atoms. The van der Waals surface area contributed by atoms with Crippen LogP contribution in [0.15, 0.2) is 43.0 Å². The smallest absolute Gasteiger partial charge is 0.407 e. The molecule has 1 aromatic carbocycles. The number of rotatable bonds is 16. The Bertz CT molecular complexity index is 1520. The van der Waals surface area contributed by atoms with Crippen molar-refractivity contribution in [2.75, 3.05) is 33.4 Å². The van der Waals surface area contributed by atoms with Crippen molar-refractivity contribution in [3.05, 3.63) is 48.6 Å². The van der Waals surface area contributed by atoms with Gasteiger partial charge in [-0.25, -0.2) is 4.79 Å². The molecule has 3 rings (SSSR count). The lowest BCUT2D eigenvalue weighted by Crippen LogP contribution is -2.62. The molecule has 1 saturated carbocycles. The van der Waals surface area contributed by atoms with Gasteiger partial charge in [-0.2, -0.15) is 0 Å². The number of hydrogen-bond donors (Lipinski definition) is 5. The maximum absolute atomic E-state index is 14.5. The molecular formula is C45H72N6O9. The Morgan fingerprint density at radius 1 is 0.917 bits per heavy atom. The minimum Gasteiger partial charge on any atom is -0.445 e. The summed E-state index contributed by atoms with van der Waals surface area (Å²) < 4.78 is 17.4. The number of benzene rings is 1. The first kappa shape index (κ1) is 49.9. The molecular weight excluding hydrogens is 769 g/mol. The van der Waals surface area contributed by atoms with E-state index in [1.54, 1.807) is 26.1 Å². The van der Waals surface area contributed by atoms with Gasteiger partial charge in [-0.3, -0.25) is 24.0 Å². The third kappa shape index (κ3) is 16.9. The Balaban J connectivity index is 2.03. The van der Waals surface area contributed by atoms with Crippen LogP contribution in [0.3, 0.4) is 0 Å². The van der Waals surface area contributed by atoms with Crippen LogP contribution in [0.2, 0.25) is 0 Å². The molecule has 15 heteroatoms. The van der Waals surface area contributed by atoms with Gasteiger partial charge in [-0.15, -0.1) is 6.58 Å². The van der Waals surface area contributed by atoms with E-state index in [2.05, 4.69) is 40.1 Å². The molecule has 0 bridgehead atoms. The molecule has 1 aliphatic heterocycles. The summed E-state index contributed by atoms with van der Waals surface area (Å²) in [6, 6.07) is 3.97. The number of nitrogens with zero attached hydrogens (tertiary/aromatic N) is 1. The highest BCUT2D eigenvalue weighted by Gasteiger charge is 2.39. The van der Waals surface area contributed by atoms with E-state index in [0.717, 1.165) is 50.5 Å². The molecule has 5 N–H and O–H groups in total. The summed E-state index contributed by atoms with van der Waals surface area (Å²) in [6.07, 6.45) is 9.07. The standard InChI is InChI=1S/C45H72N6O9/c1-8-10-11-18-23-38-32(6)44(56)51(7)37(25-30(3)4)42(54)50-39(34-21-16-13-17-22-34)43(55)48-35(26-46-45(57)60-28-33-19-14-12-15-20-33)40(52)49-36(29-58-24-9-2)41(53)47-31(5)27-59-38/h9,12,14-15,19-20,30-32,34-39H,2,8,10-11,13,16-18,21-29H2,1,3-7H3,(H,46,57)(H,47,53)(H,48,55)(H,49,52)(H,50,54)/t31-,32-,35+,36+,37+,38-,39+/m1/s1. The third-order valence-electron chi connectivity index (χ3n) is 11.2. The first-order valence-electron chi connectivity index (χ1n) is 22.0. The van der Waals surface area contributed by atoms with Crippen molar-refractivity contribution in [2.45, 2.75) is 148 Å². The fourth-order valence-corrected chi connectivity index (χ4v) is 7.69. The van der Waals surface area contributed by atoms with E-state index < -0.39 is 78.5 Å². The number of ether oxygens (including phenoxy) is 3. The zero-order valence-corrected chi connectivity index (χ0v) is 36.8. The summed E-state index contributed by atoms with van der Waals surface area (Å²) in [7, 11) is 1.62. The molecule has 0 radical (unpaired) electrons. The Kier molecular flexibility index (Phi) is 22.2. The van der Waals surface area contributed by atoms with Gasteiger partial charge < -0.3 is 45.7 Å². The van der Waals surface area contributed by atoms with Crippen LogP contribution in [0.25, 0.3) is 0 Å². The van der Waals surface area contributed by atoms with E-state index in [0.29, 0.717) is 25.7 Å². The number of likely N-dealkylation sites (N-methyl/N-ethyl adjacent to an activating group) is 1. The van der Waals surface area contributed by atoms with Gasteiger partial charge in [0.1, 0.15) is 30.8 Å². The van der Waals surface area contributed by atoms with Crippen molar-refractivity contribution in [1.82, 2.24) is 31.5 Å². The van der Waals surface area contributed by atoms with Gasteiger partial charge in [0.25, 0.3) is 0 Å². The Morgan fingerprint density at radius 3 is 2.27 bits per heavy atom. The molecule has 0 aromatic heterocycles. The van der Waals surface area contributed by atoms with Crippen LogP contribution in [0.4, 0.5) is 4.79 Å². The van der Waals surface area contributed by atoms with Crippen LogP contribution in [-0.2, 0) is 44.8 Å². The molecule has 1 aliphatic carbocycles. The monoisotopic (exact) mass is 841 g/mol. The normalized spacial score (nSPS) is 25.8. The lowest BCUT2D eigenvalue weighted by atomic mass is 9.83. The zero-order chi connectivity index (χ0) is 44.0. The summed E-state index contributed by atoms with van der Waals surface area (Å²) in [5.41, 5.74) is 0.754. The van der Waals surface area contributed by atoms with E-state index in [-0.39, 0.29) is 44.2 Å². The number of carbonyl (C=O) groups excluding carboxylic acids is 6. The molecule has 336 valence electrons. The summed E-state index contributed by atoms with van der Waals surface area (Å²) in [5, 5.41) is 14.0. The van der Waals surface area contributed by atoms with E-state index >= 15 is 0 Å². The summed E-state index contributed by atoms with van der Waals surface area (Å²) >= 11 is 0. The lowest BCUT2D eigenvalue weighted by Gasteiger charge is -2.36. The minimum absolute atomic E-state index is 0.0245. The number of alkyl carbamates (subject to hydrolysis) is 1. The summed E-state index contributed by atoms with van der Waals surface area (Å²) in [6.45, 7) is 12.9. The van der Waals surface area contributed by atoms with Crippen molar-refractivity contribution in [1.29, 1.82) is 0 Å². The molecule has 7 atom stereocenters. The number of carbonyl (C=O) groups is 6. The molecule has 1 saturated heterocycles. The Labute approximate surface area is 357 Å². The second kappa shape index (κ2) is 26.7. The SMILES string of the molecule is C=CCOC[C@@H]1NC(=O)[C@H](CNC(=O)OCc2ccccc2)NC(=O)[C@H](C2CCCCC2)NC(=O)[C@H](CC(C)C)N(C)C(=O)[C@H](C)[C@@H](CCCCCC)OC[C@@H](C)NC1=O. The van der Waals surface area contributed by atoms with E-state index in [4.69, 9.17) is 14.2 Å². The van der Waals surface area contributed by atoms with Crippen molar-refractivity contribution in [2.24, 2.45) is 17.8 Å². The van der Waals surface area contributed by atoms with Crippen LogP contribution in [0.5, 0.6) is 0 Å². The van der Waals surface area contributed by atoms with Crippen LogP contribution < -0.4 is 26.6 Å². The van der Waals surface area contributed by atoms with E-state index in [1.807, 2.05) is 39.0 Å². The summed E-state index contributed by atoms with van der Waals surface area (Å²) in [4.78, 5) is 85.5. The molecule has 6 amide bonds. The van der Waals surface area contributed by atoms with Gasteiger partial charge >= 0.3 is 6.09 Å². The maximum atomic E-state index is 14.5.